The van der Waals surface area contributed by atoms with Crippen molar-refractivity contribution in [2.24, 2.45) is 5.73 Å². The van der Waals surface area contributed by atoms with Crippen molar-refractivity contribution in [1.29, 1.82) is 0 Å². The Kier molecular flexibility index (Phi) is 5.40. The van der Waals surface area contributed by atoms with Crippen LogP contribution in [0.25, 0.3) is 0 Å². The first-order valence-corrected chi connectivity index (χ1v) is 7.49. The molecular formula is C15H14ClF2NS. The molecule has 20 heavy (non-hydrogen) atoms. The Hall–Kier alpha value is -1.10. The second kappa shape index (κ2) is 7.07. The first-order chi connectivity index (χ1) is 9.56. The number of hydrogen-bond donors (Lipinski definition) is 1. The van der Waals surface area contributed by atoms with Crippen LogP contribution >= 0.6 is 23.4 Å². The van der Waals surface area contributed by atoms with Crippen molar-refractivity contribution in [3.63, 3.8) is 0 Å². The van der Waals surface area contributed by atoms with Gasteiger partial charge in [-0.3, -0.25) is 0 Å². The summed E-state index contributed by atoms with van der Waals surface area (Å²) < 4.78 is 26.6. The number of nitrogens with two attached hydrogens (primary N) is 1. The molecule has 1 nitrogen and oxygen atoms in total. The van der Waals surface area contributed by atoms with E-state index in [4.69, 9.17) is 17.3 Å². The largest absolute Gasteiger partial charge is 0.327 e. The molecule has 0 aliphatic rings. The van der Waals surface area contributed by atoms with Crippen LogP contribution in [-0.4, -0.2) is 11.8 Å². The smallest absolute Gasteiger partial charge is 0.162 e. The maximum absolute atomic E-state index is 13.5. The van der Waals surface area contributed by atoms with Gasteiger partial charge in [-0.05, 0) is 42.3 Å². The maximum atomic E-state index is 13.5. The average Bonchev–Trinajstić information content (AvgIpc) is 2.43. The van der Waals surface area contributed by atoms with Gasteiger partial charge in [0.25, 0.3) is 0 Å². The second-order valence-corrected chi connectivity index (χ2v) is 5.97. The molecule has 0 saturated carbocycles. The Morgan fingerprint density at radius 3 is 2.50 bits per heavy atom. The van der Waals surface area contributed by atoms with Crippen LogP contribution in [0.3, 0.4) is 0 Å². The minimum Gasteiger partial charge on any atom is -0.327 e. The summed E-state index contributed by atoms with van der Waals surface area (Å²) >= 11 is 7.37. The Balaban J connectivity index is 1.91. The summed E-state index contributed by atoms with van der Waals surface area (Å²) in [6.07, 6.45) is 0.310. The van der Waals surface area contributed by atoms with E-state index in [-0.39, 0.29) is 6.04 Å². The fourth-order valence-corrected chi connectivity index (χ4v) is 2.76. The highest BCUT2D eigenvalue weighted by molar-refractivity contribution is 7.99. The van der Waals surface area contributed by atoms with E-state index < -0.39 is 11.6 Å². The van der Waals surface area contributed by atoms with Gasteiger partial charge in [-0.15, -0.1) is 11.8 Å². The summed E-state index contributed by atoms with van der Waals surface area (Å²) in [5, 5.41) is 0.681. The molecule has 0 bridgehead atoms. The Bertz CT molecular complexity index is 575. The van der Waals surface area contributed by atoms with Gasteiger partial charge in [0, 0.05) is 21.7 Å². The Morgan fingerprint density at radius 1 is 1.10 bits per heavy atom. The zero-order valence-corrected chi connectivity index (χ0v) is 12.2. The summed E-state index contributed by atoms with van der Waals surface area (Å²) in [6.45, 7) is 0. The first kappa shape index (κ1) is 15.3. The van der Waals surface area contributed by atoms with Crippen molar-refractivity contribution in [2.45, 2.75) is 17.4 Å². The minimum atomic E-state index is -0.833. The minimum absolute atomic E-state index is 0.244. The summed E-state index contributed by atoms with van der Waals surface area (Å²) in [6, 6.07) is 11.3. The Morgan fingerprint density at radius 2 is 1.80 bits per heavy atom. The quantitative estimate of drug-likeness (QED) is 0.834. The zero-order valence-electron chi connectivity index (χ0n) is 10.7. The molecule has 0 aromatic heterocycles. The van der Waals surface area contributed by atoms with Gasteiger partial charge in [-0.1, -0.05) is 23.7 Å². The van der Waals surface area contributed by atoms with Crippen LogP contribution in [0.1, 0.15) is 5.56 Å². The summed E-state index contributed by atoms with van der Waals surface area (Å²) in [7, 11) is 0. The maximum Gasteiger partial charge on any atom is 0.162 e. The molecule has 0 aliphatic carbocycles. The fourth-order valence-electron chi connectivity index (χ4n) is 1.78. The summed E-state index contributed by atoms with van der Waals surface area (Å²) in [5.41, 5.74) is 6.28. The third-order valence-corrected chi connectivity index (χ3v) is 4.24. The molecule has 0 heterocycles. The van der Waals surface area contributed by atoms with E-state index >= 15 is 0 Å². The predicted octanol–water partition coefficient (Wildman–Crippen LogP) is 4.28. The second-order valence-electron chi connectivity index (χ2n) is 4.44. The molecule has 2 aromatic carbocycles. The van der Waals surface area contributed by atoms with Crippen LogP contribution < -0.4 is 5.73 Å². The van der Waals surface area contributed by atoms with E-state index in [1.165, 1.54) is 6.07 Å². The number of hydrogen-bond acceptors (Lipinski definition) is 2. The van der Waals surface area contributed by atoms with Crippen molar-refractivity contribution in [3.05, 3.63) is 64.7 Å². The van der Waals surface area contributed by atoms with Crippen molar-refractivity contribution >= 4 is 23.4 Å². The molecule has 1 unspecified atom stereocenters. The first-order valence-electron chi connectivity index (χ1n) is 6.13. The van der Waals surface area contributed by atoms with Crippen LogP contribution in [-0.2, 0) is 6.42 Å². The van der Waals surface area contributed by atoms with Gasteiger partial charge in [-0.2, -0.15) is 0 Å². The van der Waals surface area contributed by atoms with Gasteiger partial charge in [-0.25, -0.2) is 8.78 Å². The molecule has 0 spiro atoms. The molecule has 2 rings (SSSR count). The van der Waals surface area contributed by atoms with Crippen LogP contribution in [0.4, 0.5) is 8.78 Å². The van der Waals surface area contributed by atoms with E-state index in [0.717, 1.165) is 11.0 Å². The molecule has 106 valence electrons. The lowest BCUT2D eigenvalue weighted by molar-refractivity contribution is 0.495. The number of benzene rings is 2. The van der Waals surface area contributed by atoms with E-state index in [1.54, 1.807) is 17.8 Å². The van der Waals surface area contributed by atoms with E-state index in [9.17, 15) is 8.78 Å². The topological polar surface area (TPSA) is 26.0 Å². The molecule has 0 aliphatic heterocycles. The highest BCUT2D eigenvalue weighted by Gasteiger charge is 2.11. The standard InChI is InChI=1S/C15H14ClF2NS/c16-11-4-6-13(7-5-11)20-9-12(19)8-10-2-1-3-14(17)15(10)18/h1-7,12H,8-9,19H2. The van der Waals surface area contributed by atoms with Gasteiger partial charge in [0.05, 0.1) is 0 Å². The lowest BCUT2D eigenvalue weighted by Gasteiger charge is -2.12. The molecule has 0 fully saturated rings. The van der Waals surface area contributed by atoms with E-state index in [2.05, 4.69) is 0 Å². The lowest BCUT2D eigenvalue weighted by Crippen LogP contribution is -2.26. The number of thioether (sulfide) groups is 1. The molecule has 0 radical (unpaired) electrons. The lowest BCUT2D eigenvalue weighted by atomic mass is 10.1. The fraction of sp³-hybridized carbons (Fsp3) is 0.200. The zero-order chi connectivity index (χ0) is 14.5. The summed E-state index contributed by atoms with van der Waals surface area (Å²) in [5.74, 6) is -1.02. The van der Waals surface area contributed by atoms with Crippen molar-refractivity contribution in [1.82, 2.24) is 0 Å². The van der Waals surface area contributed by atoms with Gasteiger partial charge in [0.15, 0.2) is 11.6 Å². The number of rotatable bonds is 5. The molecular weight excluding hydrogens is 300 g/mol. The van der Waals surface area contributed by atoms with Crippen LogP contribution in [0.5, 0.6) is 0 Å². The molecule has 2 N–H and O–H groups in total. The van der Waals surface area contributed by atoms with Gasteiger partial charge in [0.1, 0.15) is 0 Å². The van der Waals surface area contributed by atoms with Gasteiger partial charge in [0.2, 0.25) is 0 Å². The van der Waals surface area contributed by atoms with Crippen molar-refractivity contribution < 1.29 is 8.78 Å². The van der Waals surface area contributed by atoms with Gasteiger partial charge >= 0.3 is 0 Å². The SMILES string of the molecule is NC(CSc1ccc(Cl)cc1)Cc1cccc(F)c1F. The van der Waals surface area contributed by atoms with Crippen LogP contribution in [0.15, 0.2) is 47.4 Å². The molecule has 2 aromatic rings. The third-order valence-electron chi connectivity index (χ3n) is 2.79. The monoisotopic (exact) mass is 313 g/mol. The summed E-state index contributed by atoms with van der Waals surface area (Å²) in [4.78, 5) is 1.05. The number of halogens is 3. The molecule has 1 atom stereocenters. The predicted molar refractivity (Wildman–Crippen MR) is 80.2 cm³/mol. The van der Waals surface area contributed by atoms with Gasteiger partial charge < -0.3 is 5.73 Å². The normalized spacial score (nSPS) is 12.4. The molecule has 5 heteroatoms. The van der Waals surface area contributed by atoms with Crippen molar-refractivity contribution in [2.75, 3.05) is 5.75 Å². The molecule has 0 saturated heterocycles. The van der Waals surface area contributed by atoms with Crippen LogP contribution in [0.2, 0.25) is 5.02 Å². The highest BCUT2D eigenvalue weighted by Crippen LogP contribution is 2.22. The molecule has 0 amide bonds. The van der Waals surface area contributed by atoms with E-state index in [1.807, 2.05) is 24.3 Å². The third kappa shape index (κ3) is 4.20. The van der Waals surface area contributed by atoms with Crippen LogP contribution in [0, 0.1) is 11.6 Å². The van der Waals surface area contributed by atoms with E-state index in [0.29, 0.717) is 22.8 Å². The van der Waals surface area contributed by atoms with Crippen molar-refractivity contribution in [3.8, 4) is 0 Å². The highest BCUT2D eigenvalue weighted by atomic mass is 35.5. The average molecular weight is 314 g/mol. The Labute approximate surface area is 126 Å².